The number of amides is 1. The minimum absolute atomic E-state index is 0.0324. The van der Waals surface area contributed by atoms with E-state index in [0.29, 0.717) is 37.8 Å². The van der Waals surface area contributed by atoms with Crippen molar-refractivity contribution in [2.75, 3.05) is 18.0 Å². The van der Waals surface area contributed by atoms with Crippen molar-refractivity contribution in [1.29, 1.82) is 0 Å². The highest BCUT2D eigenvalue weighted by Gasteiger charge is 2.48. The Morgan fingerprint density at radius 2 is 1.51 bits per heavy atom. The number of nitrogens with zero attached hydrogens (tertiary/aromatic N) is 1. The van der Waals surface area contributed by atoms with Crippen LogP contribution in [0, 0.1) is 17.7 Å². The van der Waals surface area contributed by atoms with E-state index in [4.69, 9.17) is 15.9 Å². The van der Waals surface area contributed by atoms with Crippen LogP contribution in [0.15, 0.2) is 85.1 Å². The number of aliphatic hydroxyl groups excluding tert-OH is 1. The fourth-order valence-corrected chi connectivity index (χ4v) is 6.01. The number of nitrogens with one attached hydrogen (secondary N) is 1. The lowest BCUT2D eigenvalue weighted by Gasteiger charge is -2.48. The number of nitrogens with two attached hydrogens (primary N) is 1. The summed E-state index contributed by atoms with van der Waals surface area (Å²) in [7, 11) is 0. The molecule has 10 heteroatoms. The van der Waals surface area contributed by atoms with Crippen molar-refractivity contribution in [3.8, 4) is 0 Å². The number of carbonyl (C=O) groups is 3. The van der Waals surface area contributed by atoms with Crippen molar-refractivity contribution in [1.82, 2.24) is 5.32 Å². The zero-order valence-corrected chi connectivity index (χ0v) is 26.5. The Balaban J connectivity index is 1.46. The maximum atomic E-state index is 13.6. The number of allylic oxidation sites excluding steroid dienone is 1. The normalized spacial score (nSPS) is 16.5. The van der Waals surface area contributed by atoms with Gasteiger partial charge in [0.1, 0.15) is 5.82 Å². The Bertz CT molecular complexity index is 1500. The van der Waals surface area contributed by atoms with Crippen LogP contribution in [0.4, 0.5) is 10.1 Å². The fourth-order valence-electron chi connectivity index (χ4n) is 6.01. The third-order valence-corrected chi connectivity index (χ3v) is 8.78. The van der Waals surface area contributed by atoms with E-state index in [1.165, 1.54) is 12.1 Å². The number of carboxylic acids is 2. The number of anilines is 1. The van der Waals surface area contributed by atoms with Crippen molar-refractivity contribution in [3.63, 3.8) is 0 Å². The molecule has 0 saturated carbocycles. The van der Waals surface area contributed by atoms with Gasteiger partial charge in [-0.2, -0.15) is 0 Å². The molecule has 1 fully saturated rings. The van der Waals surface area contributed by atoms with Crippen LogP contribution in [-0.4, -0.2) is 46.3 Å². The first kappa shape index (κ1) is 35.3. The minimum Gasteiger partial charge on any atom is -0.481 e. The van der Waals surface area contributed by atoms with Crippen LogP contribution >= 0.6 is 0 Å². The summed E-state index contributed by atoms with van der Waals surface area (Å²) in [5, 5.41) is 32.3. The molecule has 9 nitrogen and oxygen atoms in total. The quantitative estimate of drug-likeness (QED) is 0.0648. The van der Waals surface area contributed by atoms with Gasteiger partial charge in [0.15, 0.2) is 5.92 Å². The average molecular weight is 646 g/mol. The summed E-state index contributed by atoms with van der Waals surface area (Å²) in [6.45, 7) is 5.51. The SMILES string of the molecule is C=C(CCc1ccc(N2C(=O)[C@H](CC[C@H](O)c3ccc(F)cc3)[C@H]2c2ccc(CCCC(C(=O)O)C(=O)O)cc2)cc1)NCCCN. The summed E-state index contributed by atoms with van der Waals surface area (Å²) >= 11 is 0. The van der Waals surface area contributed by atoms with E-state index >= 15 is 0 Å². The molecule has 3 aromatic rings. The predicted octanol–water partition coefficient (Wildman–Crippen LogP) is 5.54. The topological polar surface area (TPSA) is 153 Å². The van der Waals surface area contributed by atoms with Gasteiger partial charge in [-0.3, -0.25) is 14.4 Å². The highest BCUT2D eigenvalue weighted by Crippen LogP contribution is 2.46. The smallest absolute Gasteiger partial charge is 0.317 e. The highest BCUT2D eigenvalue weighted by atomic mass is 19.1. The van der Waals surface area contributed by atoms with Gasteiger partial charge in [-0.15, -0.1) is 0 Å². The third-order valence-electron chi connectivity index (χ3n) is 8.78. The van der Waals surface area contributed by atoms with Crippen molar-refractivity contribution in [3.05, 3.63) is 113 Å². The van der Waals surface area contributed by atoms with Gasteiger partial charge in [-0.1, -0.05) is 55.1 Å². The second kappa shape index (κ2) is 16.9. The van der Waals surface area contributed by atoms with Gasteiger partial charge < -0.3 is 31.3 Å². The van der Waals surface area contributed by atoms with Gasteiger partial charge in [-0.05, 0) is 104 Å². The first-order chi connectivity index (χ1) is 22.6. The molecule has 4 rings (SSSR count). The second-order valence-corrected chi connectivity index (χ2v) is 12.1. The molecule has 0 spiro atoms. The Labute approximate surface area is 274 Å². The van der Waals surface area contributed by atoms with Gasteiger partial charge in [0, 0.05) is 17.9 Å². The summed E-state index contributed by atoms with van der Waals surface area (Å²) in [6.07, 6.45) is 3.37. The van der Waals surface area contributed by atoms with Crippen molar-refractivity contribution in [2.24, 2.45) is 17.6 Å². The van der Waals surface area contributed by atoms with Gasteiger partial charge in [0.25, 0.3) is 0 Å². The first-order valence-corrected chi connectivity index (χ1v) is 16.1. The maximum absolute atomic E-state index is 13.6. The number of hydrogen-bond donors (Lipinski definition) is 5. The Hall–Kier alpha value is -4.54. The van der Waals surface area contributed by atoms with Crippen LogP contribution in [0.5, 0.6) is 0 Å². The summed E-state index contributed by atoms with van der Waals surface area (Å²) < 4.78 is 13.4. The molecule has 6 N–H and O–H groups in total. The molecule has 0 aromatic heterocycles. The van der Waals surface area contributed by atoms with Crippen LogP contribution < -0.4 is 16.0 Å². The number of benzene rings is 3. The molecule has 0 radical (unpaired) electrons. The summed E-state index contributed by atoms with van der Waals surface area (Å²) in [5.74, 6) is -4.90. The zero-order chi connectivity index (χ0) is 33.9. The molecule has 1 amide bonds. The van der Waals surface area contributed by atoms with Crippen molar-refractivity contribution in [2.45, 2.75) is 63.5 Å². The lowest BCUT2D eigenvalue weighted by atomic mass is 9.78. The van der Waals surface area contributed by atoms with Gasteiger partial charge in [0.2, 0.25) is 5.91 Å². The maximum Gasteiger partial charge on any atom is 0.317 e. The Kier molecular flexibility index (Phi) is 12.7. The monoisotopic (exact) mass is 645 g/mol. The van der Waals surface area contributed by atoms with Crippen LogP contribution in [0.1, 0.15) is 72.9 Å². The number of β-lactam (4-membered cyclic amide) rings is 1. The molecule has 47 heavy (non-hydrogen) atoms. The van der Waals surface area contributed by atoms with Gasteiger partial charge >= 0.3 is 11.9 Å². The number of halogens is 1. The van der Waals surface area contributed by atoms with E-state index in [-0.39, 0.29) is 30.1 Å². The number of aryl methyl sites for hydroxylation is 2. The first-order valence-electron chi connectivity index (χ1n) is 16.1. The minimum atomic E-state index is -1.43. The summed E-state index contributed by atoms with van der Waals surface area (Å²) in [4.78, 5) is 37.8. The van der Waals surface area contributed by atoms with Crippen LogP contribution in [0.3, 0.4) is 0 Å². The largest absolute Gasteiger partial charge is 0.481 e. The molecule has 3 aromatic carbocycles. The van der Waals surface area contributed by atoms with Crippen LogP contribution in [0.25, 0.3) is 0 Å². The van der Waals surface area contributed by atoms with E-state index in [1.54, 1.807) is 17.0 Å². The van der Waals surface area contributed by atoms with E-state index < -0.39 is 24.0 Å². The van der Waals surface area contributed by atoms with Gasteiger partial charge in [0.05, 0.1) is 18.1 Å². The number of rotatable bonds is 19. The molecule has 1 heterocycles. The molecule has 1 saturated heterocycles. The van der Waals surface area contributed by atoms with Gasteiger partial charge in [-0.25, -0.2) is 4.39 Å². The molecule has 3 atom stereocenters. The Morgan fingerprint density at radius 3 is 2.13 bits per heavy atom. The number of carboxylic acid groups (broad SMARTS) is 2. The fraction of sp³-hybridized carbons (Fsp3) is 0.378. The lowest BCUT2D eigenvalue weighted by Crippen LogP contribution is -2.55. The van der Waals surface area contributed by atoms with E-state index in [2.05, 4.69) is 11.9 Å². The molecule has 250 valence electrons. The lowest BCUT2D eigenvalue weighted by molar-refractivity contribution is -0.154. The predicted molar refractivity (Wildman–Crippen MR) is 178 cm³/mol. The number of aliphatic hydroxyl groups is 1. The molecule has 1 aliphatic rings. The highest BCUT2D eigenvalue weighted by molar-refractivity contribution is 6.03. The second-order valence-electron chi connectivity index (χ2n) is 12.1. The zero-order valence-electron chi connectivity index (χ0n) is 26.5. The van der Waals surface area contributed by atoms with Crippen LogP contribution in [0.2, 0.25) is 0 Å². The molecule has 0 aliphatic carbocycles. The molecular weight excluding hydrogens is 601 g/mol. The number of carbonyl (C=O) groups excluding carboxylic acids is 1. The van der Waals surface area contributed by atoms with Crippen molar-refractivity contribution >= 4 is 23.5 Å². The third kappa shape index (κ3) is 9.49. The molecule has 0 bridgehead atoms. The molecular formula is C37H44FN3O6. The Morgan fingerprint density at radius 1 is 0.894 bits per heavy atom. The average Bonchev–Trinajstić information content (AvgIpc) is 3.05. The van der Waals surface area contributed by atoms with E-state index in [9.17, 15) is 23.9 Å². The number of hydrogen-bond acceptors (Lipinski definition) is 6. The standard InChI is InChI=1S/C37H44FN3O6/c1-24(40-23-3-22-39)6-7-26-10-18-30(19-11-26)41-34(31(35(41)43)20-21-33(42)27-14-16-29(38)17-15-27)28-12-8-25(9-13-28)4-2-5-32(36(44)45)37(46)47/h8-19,31-34,40,42H,1-7,20-23,39H2,(H,44,45)(H,46,47)/t31-,33+,34-/m1/s1. The molecule has 1 aliphatic heterocycles. The summed E-state index contributed by atoms with van der Waals surface area (Å²) in [6, 6.07) is 21.1. The molecule has 0 unspecified atom stereocenters. The number of aliphatic carboxylic acids is 2. The van der Waals surface area contributed by atoms with E-state index in [0.717, 1.165) is 53.9 Å². The van der Waals surface area contributed by atoms with E-state index in [1.807, 2.05) is 48.5 Å². The van der Waals surface area contributed by atoms with Crippen molar-refractivity contribution < 1.29 is 34.1 Å². The van der Waals surface area contributed by atoms with Crippen LogP contribution in [-0.2, 0) is 27.2 Å². The summed E-state index contributed by atoms with van der Waals surface area (Å²) in [5.41, 5.74) is 10.9.